The number of methoxy groups -OCH3 is 1. The van der Waals surface area contributed by atoms with Crippen LogP contribution in [0.4, 0.5) is 10.5 Å². The van der Waals surface area contributed by atoms with Gasteiger partial charge >= 0.3 is 6.03 Å². The van der Waals surface area contributed by atoms with Crippen molar-refractivity contribution < 1.29 is 14.4 Å². The number of hydrogen-bond donors (Lipinski definition) is 1. The van der Waals surface area contributed by atoms with Gasteiger partial charge in [0, 0.05) is 10.6 Å². The second kappa shape index (κ2) is 7.87. The van der Waals surface area contributed by atoms with Crippen LogP contribution in [-0.4, -0.2) is 41.4 Å². The van der Waals surface area contributed by atoms with Crippen molar-refractivity contribution in [2.45, 2.75) is 6.54 Å². The molecule has 1 atom stereocenters. The van der Waals surface area contributed by atoms with Crippen LogP contribution in [0.25, 0.3) is 0 Å². The average molecular weight is 400 g/mol. The lowest BCUT2D eigenvalue weighted by molar-refractivity contribution is -0.914. The fourth-order valence-corrected chi connectivity index (χ4v) is 3.35. The predicted molar refractivity (Wildman–Crippen MR) is 105 cm³/mol. The molecule has 2 heterocycles. The molecule has 1 aliphatic heterocycles. The molecule has 0 radical (unpaired) electrons. The van der Waals surface area contributed by atoms with Gasteiger partial charge in [-0.15, -0.1) is 10.2 Å². The van der Waals surface area contributed by atoms with Crippen LogP contribution in [0.3, 0.4) is 0 Å². The lowest BCUT2D eigenvalue weighted by atomic mass is 10.2. The Balaban J connectivity index is 1.60. The van der Waals surface area contributed by atoms with Gasteiger partial charge < -0.3 is 4.74 Å². The average Bonchev–Trinajstić information content (AvgIpc) is 3.25. The normalized spacial score (nSPS) is 17.1. The van der Waals surface area contributed by atoms with Crippen LogP contribution in [-0.2, 0) is 6.54 Å². The third-order valence-electron chi connectivity index (χ3n) is 4.64. The van der Waals surface area contributed by atoms with Crippen molar-refractivity contribution in [2.24, 2.45) is 0 Å². The van der Waals surface area contributed by atoms with Crippen LogP contribution < -0.4 is 19.5 Å². The molecular weight excluding hydrogens is 380 g/mol. The molecule has 1 fully saturated rings. The minimum atomic E-state index is -0.138. The third-order valence-corrected chi connectivity index (χ3v) is 4.90. The number of aromatic nitrogens is 3. The van der Waals surface area contributed by atoms with Gasteiger partial charge in [-0.05, 0) is 48.5 Å². The van der Waals surface area contributed by atoms with Crippen LogP contribution in [0.5, 0.6) is 5.75 Å². The first kappa shape index (κ1) is 18.3. The number of hydrogen-bond acceptors (Lipinski definition) is 4. The SMILES string of the molecule is COc1ccc(C[NH+]2CN(c3ccc(Cl)cc3)C(=O)N(n3cnnc3)C2)cc1. The van der Waals surface area contributed by atoms with Gasteiger partial charge in [-0.2, -0.15) is 5.01 Å². The number of rotatable bonds is 5. The monoisotopic (exact) mass is 399 g/mol. The first-order chi connectivity index (χ1) is 13.6. The molecular formula is C19H20ClN6O2+. The molecule has 0 spiro atoms. The van der Waals surface area contributed by atoms with Gasteiger partial charge in [0.05, 0.1) is 12.8 Å². The van der Waals surface area contributed by atoms with E-state index in [1.807, 2.05) is 36.4 Å². The zero-order valence-corrected chi connectivity index (χ0v) is 16.1. The van der Waals surface area contributed by atoms with E-state index < -0.39 is 0 Å². The minimum Gasteiger partial charge on any atom is -0.497 e. The molecule has 2 aromatic carbocycles. The highest BCUT2D eigenvalue weighted by atomic mass is 35.5. The Morgan fingerprint density at radius 1 is 1.04 bits per heavy atom. The first-order valence-electron chi connectivity index (χ1n) is 8.80. The Morgan fingerprint density at radius 3 is 2.36 bits per heavy atom. The summed E-state index contributed by atoms with van der Waals surface area (Å²) < 4.78 is 6.84. The molecule has 9 heteroatoms. The number of ether oxygens (including phenoxy) is 1. The molecule has 8 nitrogen and oxygen atoms in total. The Bertz CT molecular complexity index is 930. The van der Waals surface area contributed by atoms with Crippen molar-refractivity contribution in [3.63, 3.8) is 0 Å². The van der Waals surface area contributed by atoms with E-state index in [1.54, 1.807) is 33.8 Å². The summed E-state index contributed by atoms with van der Waals surface area (Å²) in [7, 11) is 1.65. The summed E-state index contributed by atoms with van der Waals surface area (Å²) in [6.45, 7) is 1.78. The molecule has 1 unspecified atom stereocenters. The third kappa shape index (κ3) is 3.78. The first-order valence-corrected chi connectivity index (χ1v) is 9.18. The van der Waals surface area contributed by atoms with Crippen LogP contribution in [0.1, 0.15) is 5.56 Å². The number of benzene rings is 2. The molecule has 3 aromatic rings. The quantitative estimate of drug-likeness (QED) is 0.706. The van der Waals surface area contributed by atoms with Gasteiger partial charge in [0.25, 0.3) is 0 Å². The molecule has 2 amide bonds. The Kier molecular flexibility index (Phi) is 5.14. The van der Waals surface area contributed by atoms with Gasteiger partial charge in [0.1, 0.15) is 24.9 Å². The summed E-state index contributed by atoms with van der Waals surface area (Å²) in [6, 6.07) is 15.1. The second-order valence-electron chi connectivity index (χ2n) is 6.52. The number of amides is 2. The standard InChI is InChI=1S/C19H19ClN6O2/c1-28-18-8-2-15(3-9-18)10-23-13-25(17-6-4-16(20)5-7-17)19(27)26(14-23)24-11-21-22-12-24/h2-9,11-12H,10,13-14H2,1H3/p+1. The number of carbonyl (C=O) groups is 1. The van der Waals surface area contributed by atoms with Crippen LogP contribution in [0.15, 0.2) is 61.2 Å². The highest BCUT2D eigenvalue weighted by molar-refractivity contribution is 6.30. The zero-order chi connectivity index (χ0) is 19.5. The Hall–Kier alpha value is -3.10. The molecule has 1 aromatic heterocycles. The van der Waals surface area contributed by atoms with Crippen molar-refractivity contribution in [3.05, 3.63) is 71.8 Å². The maximum absolute atomic E-state index is 13.1. The molecule has 0 aliphatic carbocycles. The number of quaternary nitrogens is 1. The van der Waals surface area contributed by atoms with Crippen molar-refractivity contribution in [1.82, 2.24) is 14.9 Å². The molecule has 28 heavy (non-hydrogen) atoms. The smallest absolute Gasteiger partial charge is 0.352 e. The van der Waals surface area contributed by atoms with Gasteiger partial charge in [0.2, 0.25) is 0 Å². The maximum Gasteiger partial charge on any atom is 0.352 e. The summed E-state index contributed by atoms with van der Waals surface area (Å²) in [6.07, 6.45) is 3.04. The molecule has 1 aliphatic rings. The minimum absolute atomic E-state index is 0.138. The summed E-state index contributed by atoms with van der Waals surface area (Å²) >= 11 is 6.01. The molecule has 1 saturated heterocycles. The van der Waals surface area contributed by atoms with E-state index in [0.717, 1.165) is 23.5 Å². The highest BCUT2D eigenvalue weighted by Crippen LogP contribution is 2.19. The Morgan fingerprint density at radius 2 is 1.71 bits per heavy atom. The second-order valence-corrected chi connectivity index (χ2v) is 6.96. The number of urea groups is 1. The number of nitrogens with one attached hydrogen (secondary N) is 1. The van der Waals surface area contributed by atoms with Crippen LogP contribution >= 0.6 is 11.6 Å². The fraction of sp³-hybridized carbons (Fsp3) is 0.211. The summed E-state index contributed by atoms with van der Waals surface area (Å²) in [4.78, 5) is 16.0. The Labute approximate surface area is 167 Å². The van der Waals surface area contributed by atoms with Crippen molar-refractivity contribution >= 4 is 23.3 Å². The van der Waals surface area contributed by atoms with E-state index in [-0.39, 0.29) is 6.03 Å². The molecule has 0 saturated carbocycles. The summed E-state index contributed by atoms with van der Waals surface area (Å²) in [5.74, 6) is 0.821. The molecule has 144 valence electrons. The van der Waals surface area contributed by atoms with Crippen LogP contribution in [0.2, 0.25) is 5.02 Å². The zero-order valence-electron chi connectivity index (χ0n) is 15.3. The molecule has 4 rings (SSSR count). The van der Waals surface area contributed by atoms with Crippen LogP contribution in [0, 0.1) is 0 Å². The van der Waals surface area contributed by atoms with E-state index in [2.05, 4.69) is 10.2 Å². The number of halogens is 1. The van der Waals surface area contributed by atoms with E-state index in [4.69, 9.17) is 16.3 Å². The van der Waals surface area contributed by atoms with Crippen molar-refractivity contribution in [1.29, 1.82) is 0 Å². The van der Waals surface area contributed by atoms with E-state index in [0.29, 0.717) is 18.4 Å². The van der Waals surface area contributed by atoms with E-state index in [1.165, 1.54) is 17.6 Å². The lowest BCUT2D eigenvalue weighted by Crippen LogP contribution is -3.16. The van der Waals surface area contributed by atoms with Gasteiger partial charge in [0.15, 0.2) is 13.3 Å². The van der Waals surface area contributed by atoms with Crippen molar-refractivity contribution in [3.8, 4) is 5.75 Å². The highest BCUT2D eigenvalue weighted by Gasteiger charge is 2.35. The van der Waals surface area contributed by atoms with Crippen molar-refractivity contribution in [2.75, 3.05) is 30.4 Å². The maximum atomic E-state index is 13.1. The molecule has 0 bridgehead atoms. The summed E-state index contributed by atoms with van der Waals surface area (Å²) in [5, 5.41) is 9.91. The summed E-state index contributed by atoms with van der Waals surface area (Å²) in [5.41, 5.74) is 1.95. The largest absolute Gasteiger partial charge is 0.497 e. The fourth-order valence-electron chi connectivity index (χ4n) is 3.23. The van der Waals surface area contributed by atoms with Gasteiger partial charge in [-0.1, -0.05) is 11.6 Å². The van der Waals surface area contributed by atoms with E-state index in [9.17, 15) is 4.79 Å². The van der Waals surface area contributed by atoms with Gasteiger partial charge in [-0.25, -0.2) is 14.4 Å². The number of carbonyl (C=O) groups excluding carboxylic acids is 1. The molecule has 1 N–H and O–H groups in total. The number of anilines is 1. The number of nitrogens with zero attached hydrogens (tertiary/aromatic N) is 5. The lowest BCUT2D eigenvalue weighted by Gasteiger charge is -2.39. The van der Waals surface area contributed by atoms with E-state index >= 15 is 0 Å². The van der Waals surface area contributed by atoms with Gasteiger partial charge in [-0.3, -0.25) is 4.90 Å². The topological polar surface area (TPSA) is 67.9 Å². The predicted octanol–water partition coefficient (Wildman–Crippen LogP) is 1.52.